The van der Waals surface area contributed by atoms with Gasteiger partial charge in [0.05, 0.1) is 12.7 Å². The summed E-state index contributed by atoms with van der Waals surface area (Å²) in [7, 11) is 0. The first kappa shape index (κ1) is 19.6. The number of benzene rings is 1. The van der Waals surface area contributed by atoms with Gasteiger partial charge in [0.15, 0.2) is 11.6 Å². The van der Waals surface area contributed by atoms with E-state index in [2.05, 4.69) is 13.8 Å². The molecule has 0 bridgehead atoms. The lowest BCUT2D eigenvalue weighted by Gasteiger charge is -2.30. The van der Waals surface area contributed by atoms with Gasteiger partial charge in [0.1, 0.15) is 0 Å². The molecule has 146 valence electrons. The first-order chi connectivity index (χ1) is 12.5. The van der Waals surface area contributed by atoms with Crippen LogP contribution in [0.25, 0.3) is 0 Å². The van der Waals surface area contributed by atoms with Crippen molar-refractivity contribution >= 4 is 0 Å². The second-order valence-electron chi connectivity index (χ2n) is 8.68. The van der Waals surface area contributed by atoms with Crippen molar-refractivity contribution < 1.29 is 18.6 Å². The van der Waals surface area contributed by atoms with E-state index in [1.807, 2.05) is 0 Å². The van der Waals surface area contributed by atoms with Gasteiger partial charge in [-0.3, -0.25) is 0 Å². The molecule has 0 saturated heterocycles. The Morgan fingerprint density at radius 2 is 1.50 bits per heavy atom. The summed E-state index contributed by atoms with van der Waals surface area (Å²) in [6.07, 6.45) is 7.38. The molecule has 1 aromatic carbocycles. The van der Waals surface area contributed by atoms with Crippen LogP contribution in [0.4, 0.5) is 8.78 Å². The molecule has 2 fully saturated rings. The highest BCUT2D eigenvalue weighted by Gasteiger charge is 2.29. The number of ether oxygens (including phenoxy) is 1. The molecule has 3 rings (SSSR count). The van der Waals surface area contributed by atoms with E-state index >= 15 is 0 Å². The average molecular weight is 366 g/mol. The van der Waals surface area contributed by atoms with Crippen LogP contribution in [-0.4, -0.2) is 11.7 Å². The molecule has 4 heteroatoms. The van der Waals surface area contributed by atoms with Crippen LogP contribution in [0.15, 0.2) is 12.1 Å². The molecule has 2 aliphatic rings. The van der Waals surface area contributed by atoms with Gasteiger partial charge in [-0.2, -0.15) is 4.39 Å². The largest absolute Gasteiger partial charge is 0.490 e. The Balaban J connectivity index is 1.62. The van der Waals surface area contributed by atoms with Crippen molar-refractivity contribution in [3.8, 4) is 5.75 Å². The van der Waals surface area contributed by atoms with E-state index in [-0.39, 0.29) is 17.2 Å². The molecule has 0 amide bonds. The zero-order valence-electron chi connectivity index (χ0n) is 16.0. The predicted octanol–water partition coefficient (Wildman–Crippen LogP) is 6.03. The monoisotopic (exact) mass is 366 g/mol. The van der Waals surface area contributed by atoms with Gasteiger partial charge in [0.25, 0.3) is 0 Å². The molecule has 0 aliphatic heterocycles. The second kappa shape index (κ2) is 8.69. The van der Waals surface area contributed by atoms with Crippen LogP contribution >= 0.6 is 0 Å². The maximum Gasteiger partial charge on any atom is 0.200 e. The van der Waals surface area contributed by atoms with Crippen molar-refractivity contribution in [1.82, 2.24) is 0 Å². The molecule has 2 saturated carbocycles. The number of aliphatic hydroxyl groups is 1. The third kappa shape index (κ3) is 4.57. The predicted molar refractivity (Wildman–Crippen MR) is 99.1 cm³/mol. The molecule has 1 unspecified atom stereocenters. The van der Waals surface area contributed by atoms with Crippen LogP contribution in [0, 0.1) is 35.3 Å². The summed E-state index contributed by atoms with van der Waals surface area (Å²) in [6.45, 7) is 4.89. The van der Waals surface area contributed by atoms with Gasteiger partial charge < -0.3 is 9.84 Å². The van der Waals surface area contributed by atoms with Gasteiger partial charge in [-0.25, -0.2) is 4.39 Å². The van der Waals surface area contributed by atoms with Gasteiger partial charge in [-0.05, 0) is 61.5 Å². The summed E-state index contributed by atoms with van der Waals surface area (Å²) in [6, 6.07) is 2.98. The number of halogens is 2. The van der Waals surface area contributed by atoms with E-state index in [4.69, 9.17) is 4.74 Å². The Morgan fingerprint density at radius 1 is 0.923 bits per heavy atom. The molecular weight excluding hydrogens is 334 g/mol. The number of hydrogen-bond acceptors (Lipinski definition) is 2. The average Bonchev–Trinajstić information content (AvgIpc) is 2.64. The minimum atomic E-state index is -0.963. The molecule has 1 atom stereocenters. The molecule has 0 aromatic heterocycles. The van der Waals surface area contributed by atoms with Crippen molar-refractivity contribution in [2.45, 2.75) is 71.3 Å². The van der Waals surface area contributed by atoms with E-state index < -0.39 is 17.7 Å². The Labute approximate surface area is 155 Å². The van der Waals surface area contributed by atoms with E-state index in [0.29, 0.717) is 18.4 Å². The standard InChI is InChI=1S/C22H32F2O2/c1-14-3-7-16(8-4-14)13-26-19-12-11-18(20(23)21(19)24)22(25)17-9-5-15(2)6-10-17/h11-12,14-17,22,25H,3-10,13H2,1-2H3. The van der Waals surface area contributed by atoms with Gasteiger partial charge in [-0.1, -0.05) is 39.5 Å². The lowest BCUT2D eigenvalue weighted by atomic mass is 9.78. The first-order valence-electron chi connectivity index (χ1n) is 10.2. The third-order valence-electron chi connectivity index (χ3n) is 6.51. The number of aliphatic hydroxyl groups excluding tert-OH is 1. The van der Waals surface area contributed by atoms with E-state index in [1.165, 1.54) is 25.0 Å². The fourth-order valence-electron chi connectivity index (χ4n) is 4.45. The van der Waals surface area contributed by atoms with Crippen LogP contribution in [0.1, 0.15) is 76.9 Å². The van der Waals surface area contributed by atoms with Crippen molar-refractivity contribution in [1.29, 1.82) is 0 Å². The molecule has 0 spiro atoms. The summed E-state index contributed by atoms with van der Waals surface area (Å²) in [5, 5.41) is 10.5. The minimum absolute atomic E-state index is 0.0103. The van der Waals surface area contributed by atoms with Gasteiger partial charge >= 0.3 is 0 Å². The highest BCUT2D eigenvalue weighted by Crippen LogP contribution is 2.39. The molecular formula is C22H32F2O2. The summed E-state index contributed by atoms with van der Waals surface area (Å²) in [5.41, 5.74) is 0.0703. The van der Waals surface area contributed by atoms with Gasteiger partial charge in [0.2, 0.25) is 5.82 Å². The summed E-state index contributed by atoms with van der Waals surface area (Å²) < 4.78 is 34.6. The van der Waals surface area contributed by atoms with Crippen LogP contribution < -0.4 is 4.74 Å². The van der Waals surface area contributed by atoms with Crippen LogP contribution in [-0.2, 0) is 0 Å². The molecule has 2 aliphatic carbocycles. The molecule has 0 heterocycles. The Hall–Kier alpha value is -1.16. The van der Waals surface area contributed by atoms with Crippen molar-refractivity contribution in [2.24, 2.45) is 23.7 Å². The highest BCUT2D eigenvalue weighted by molar-refractivity contribution is 5.32. The van der Waals surface area contributed by atoms with Crippen LogP contribution in [0.2, 0.25) is 0 Å². The smallest absolute Gasteiger partial charge is 0.200 e. The summed E-state index contributed by atoms with van der Waals surface area (Å²) in [5.74, 6) is -0.114. The maximum absolute atomic E-state index is 14.5. The topological polar surface area (TPSA) is 29.5 Å². The lowest BCUT2D eigenvalue weighted by Crippen LogP contribution is -2.21. The normalized spacial score (nSPS) is 30.8. The van der Waals surface area contributed by atoms with E-state index in [0.717, 1.165) is 44.4 Å². The molecule has 26 heavy (non-hydrogen) atoms. The SMILES string of the molecule is CC1CCC(COc2ccc(C(O)C3CCC(C)CC3)c(F)c2F)CC1. The van der Waals surface area contributed by atoms with Crippen molar-refractivity contribution in [3.05, 3.63) is 29.3 Å². The summed E-state index contributed by atoms with van der Waals surface area (Å²) >= 11 is 0. The molecule has 1 N–H and O–H groups in total. The fraction of sp³-hybridized carbons (Fsp3) is 0.727. The molecule has 1 aromatic rings. The zero-order chi connectivity index (χ0) is 18.7. The number of rotatable bonds is 5. The Morgan fingerprint density at radius 3 is 2.12 bits per heavy atom. The van der Waals surface area contributed by atoms with Gasteiger partial charge in [0, 0.05) is 5.56 Å². The second-order valence-corrected chi connectivity index (χ2v) is 8.68. The molecule has 0 radical (unpaired) electrons. The summed E-state index contributed by atoms with van der Waals surface area (Å²) in [4.78, 5) is 0. The minimum Gasteiger partial charge on any atom is -0.490 e. The third-order valence-corrected chi connectivity index (χ3v) is 6.51. The fourth-order valence-corrected chi connectivity index (χ4v) is 4.45. The van der Waals surface area contributed by atoms with Crippen LogP contribution in [0.5, 0.6) is 5.75 Å². The number of hydrogen-bond donors (Lipinski definition) is 1. The Kier molecular flexibility index (Phi) is 6.55. The van der Waals surface area contributed by atoms with E-state index in [1.54, 1.807) is 0 Å². The van der Waals surface area contributed by atoms with Crippen molar-refractivity contribution in [2.75, 3.05) is 6.61 Å². The lowest BCUT2D eigenvalue weighted by molar-refractivity contribution is 0.0717. The quantitative estimate of drug-likeness (QED) is 0.689. The zero-order valence-corrected chi connectivity index (χ0v) is 16.0. The van der Waals surface area contributed by atoms with Crippen molar-refractivity contribution in [3.63, 3.8) is 0 Å². The Bertz CT molecular complexity index is 588. The highest BCUT2D eigenvalue weighted by atomic mass is 19.2. The molecule has 2 nitrogen and oxygen atoms in total. The first-order valence-corrected chi connectivity index (χ1v) is 10.2. The van der Waals surface area contributed by atoms with Crippen LogP contribution in [0.3, 0.4) is 0 Å². The van der Waals surface area contributed by atoms with Gasteiger partial charge in [-0.15, -0.1) is 0 Å². The maximum atomic E-state index is 14.5. The van der Waals surface area contributed by atoms with E-state index in [9.17, 15) is 13.9 Å².